The molecule has 0 N–H and O–H groups in total. The first kappa shape index (κ1) is 73.7. The summed E-state index contributed by atoms with van der Waals surface area (Å²) in [7, 11) is 0. The quantitative estimate of drug-likeness (QED) is 0.0334. The zero-order valence-corrected chi connectivity index (χ0v) is 50.9. The van der Waals surface area contributed by atoms with Gasteiger partial charge in [0, 0.05) is 24.8 Å². The van der Waals surface area contributed by atoms with Crippen molar-refractivity contribution in [3.63, 3.8) is 0 Å². The molecule has 0 heterocycles. The molecule has 0 bridgehead atoms. The number of esters is 2. The molecule has 0 saturated carbocycles. The van der Waals surface area contributed by atoms with Crippen molar-refractivity contribution < 1.29 is 58.3 Å². The van der Waals surface area contributed by atoms with Crippen LogP contribution in [-0.2, 0) is 48.1 Å². The van der Waals surface area contributed by atoms with Crippen molar-refractivity contribution >= 4 is 23.9 Å². The van der Waals surface area contributed by atoms with Crippen LogP contribution in [0.4, 0.5) is 0 Å². The Labute approximate surface area is 453 Å². The Morgan fingerprint density at radius 1 is 0.268 bits per heavy atom. The molecular weight excluding hydrogens is 938 g/mol. The van der Waals surface area contributed by atoms with E-state index in [4.69, 9.17) is 9.47 Å². The summed E-state index contributed by atoms with van der Waals surface area (Å²) in [5.74, 6) is -1.81. The molecule has 8 nitrogen and oxygen atoms in total. The molecule has 0 aliphatic rings. The first-order valence-corrected chi connectivity index (χ1v) is 31.0. The molecular formula is C62H118O8Zn. The number of unbranched alkanes of at least 4 members (excludes halogenated alkanes) is 38. The third kappa shape index (κ3) is 64.6. The Morgan fingerprint density at radius 3 is 0.676 bits per heavy atom. The fraction of sp³-hybridized carbons (Fsp3) is 0.935. The molecule has 0 aromatic carbocycles. The van der Waals surface area contributed by atoms with Gasteiger partial charge in [0.25, 0.3) is 0 Å². The van der Waals surface area contributed by atoms with E-state index in [0.717, 1.165) is 116 Å². The molecule has 0 amide bonds. The van der Waals surface area contributed by atoms with Gasteiger partial charge in [0.1, 0.15) is 12.2 Å². The number of carbonyl (C=O) groups excluding carboxylic acids is 4. The molecule has 0 fully saturated rings. The Morgan fingerprint density at radius 2 is 0.465 bits per heavy atom. The van der Waals surface area contributed by atoms with E-state index in [-0.39, 0.29) is 56.5 Å². The molecule has 0 aliphatic heterocycles. The van der Waals surface area contributed by atoms with Gasteiger partial charge in [0.15, 0.2) is 0 Å². The summed E-state index contributed by atoms with van der Waals surface area (Å²) >= 11 is 0. The predicted octanol–water partition coefficient (Wildman–Crippen LogP) is 17.7. The molecule has 0 rings (SSSR count). The summed E-state index contributed by atoms with van der Waals surface area (Å²) in [5, 5.41) is 20.7. The van der Waals surface area contributed by atoms with Gasteiger partial charge in [-0.2, -0.15) is 0 Å². The van der Waals surface area contributed by atoms with Gasteiger partial charge in [-0.25, -0.2) is 0 Å². The molecule has 2 atom stereocenters. The maximum absolute atomic E-state index is 12.3. The molecule has 9 heteroatoms. The van der Waals surface area contributed by atoms with Crippen LogP contribution >= 0.6 is 0 Å². The number of hydrogen-bond donors (Lipinski definition) is 0. The van der Waals surface area contributed by atoms with Crippen molar-refractivity contribution in [2.75, 3.05) is 0 Å². The molecule has 0 aromatic heterocycles. The van der Waals surface area contributed by atoms with Crippen LogP contribution in [0.5, 0.6) is 0 Å². The zero-order valence-electron chi connectivity index (χ0n) is 47.9. The maximum Gasteiger partial charge on any atom is 2.00 e. The largest absolute Gasteiger partial charge is 2.00 e. The first-order valence-electron chi connectivity index (χ1n) is 31.0. The molecule has 0 spiro atoms. The van der Waals surface area contributed by atoms with Gasteiger partial charge in [0.2, 0.25) is 0 Å². The van der Waals surface area contributed by atoms with E-state index in [2.05, 4.69) is 27.7 Å². The minimum absolute atomic E-state index is 0. The Kier molecular flexibility index (Phi) is 65.2. The monoisotopic (exact) mass is 1050 g/mol. The number of carboxylic acids is 2. The minimum Gasteiger partial charge on any atom is -0.550 e. The van der Waals surface area contributed by atoms with Gasteiger partial charge in [-0.1, -0.05) is 272 Å². The van der Waals surface area contributed by atoms with Crippen molar-refractivity contribution in [3.8, 4) is 0 Å². The van der Waals surface area contributed by atoms with Crippen LogP contribution in [0.25, 0.3) is 0 Å². The number of ether oxygens (including phenoxy) is 2. The molecule has 71 heavy (non-hydrogen) atoms. The zero-order chi connectivity index (χ0) is 51.6. The Hall–Kier alpha value is -1.50. The van der Waals surface area contributed by atoms with E-state index >= 15 is 0 Å². The van der Waals surface area contributed by atoms with Crippen molar-refractivity contribution in [2.24, 2.45) is 0 Å². The Bertz CT molecular complexity index is 1020. The summed E-state index contributed by atoms with van der Waals surface area (Å²) < 4.78 is 11.6. The number of rotatable bonds is 56. The first-order chi connectivity index (χ1) is 34.2. The van der Waals surface area contributed by atoms with Gasteiger partial charge in [-0.15, -0.1) is 0 Å². The summed E-state index contributed by atoms with van der Waals surface area (Å²) in [6, 6.07) is 0. The van der Waals surface area contributed by atoms with E-state index in [0.29, 0.717) is 12.8 Å². The summed E-state index contributed by atoms with van der Waals surface area (Å²) in [4.78, 5) is 45.3. The van der Waals surface area contributed by atoms with Crippen LogP contribution in [0.1, 0.15) is 362 Å². The topological polar surface area (TPSA) is 133 Å². The van der Waals surface area contributed by atoms with E-state index < -0.39 is 11.9 Å². The van der Waals surface area contributed by atoms with Crippen LogP contribution < -0.4 is 10.2 Å². The van der Waals surface area contributed by atoms with E-state index in [9.17, 15) is 29.4 Å². The van der Waals surface area contributed by atoms with Crippen molar-refractivity contribution in [3.05, 3.63) is 0 Å². The van der Waals surface area contributed by atoms with Crippen molar-refractivity contribution in [1.29, 1.82) is 0 Å². The van der Waals surface area contributed by atoms with E-state index in [1.54, 1.807) is 0 Å². The smallest absolute Gasteiger partial charge is 0.550 e. The third-order valence-corrected chi connectivity index (χ3v) is 14.1. The Balaban J connectivity index is -0.00000128. The average molecular weight is 1060 g/mol. The van der Waals surface area contributed by atoms with Crippen molar-refractivity contribution in [2.45, 2.75) is 374 Å². The fourth-order valence-electron chi connectivity index (χ4n) is 9.64. The normalized spacial score (nSPS) is 11.9. The average Bonchev–Trinajstić information content (AvgIpc) is 3.33. The predicted molar refractivity (Wildman–Crippen MR) is 293 cm³/mol. The molecule has 2 unspecified atom stereocenters. The maximum atomic E-state index is 12.3. The van der Waals surface area contributed by atoms with Crippen LogP contribution in [0.2, 0.25) is 0 Å². The number of carboxylic acid groups (broad SMARTS) is 2. The molecule has 416 valence electrons. The van der Waals surface area contributed by atoms with Crippen LogP contribution in [0, 0.1) is 0 Å². The van der Waals surface area contributed by atoms with E-state index in [1.165, 1.54) is 193 Å². The van der Waals surface area contributed by atoms with Gasteiger partial charge < -0.3 is 29.3 Å². The van der Waals surface area contributed by atoms with Gasteiger partial charge in [-0.3, -0.25) is 9.59 Å². The minimum atomic E-state index is -0.923. The van der Waals surface area contributed by atoms with Crippen LogP contribution in [0.15, 0.2) is 0 Å². The number of carbonyl (C=O) groups is 4. The second-order valence-electron chi connectivity index (χ2n) is 21.3. The summed E-state index contributed by atoms with van der Waals surface area (Å²) in [5.41, 5.74) is 0. The van der Waals surface area contributed by atoms with E-state index in [1.807, 2.05) is 0 Å². The van der Waals surface area contributed by atoms with Gasteiger partial charge in [-0.05, 0) is 77.0 Å². The molecule has 0 radical (unpaired) electrons. The second-order valence-corrected chi connectivity index (χ2v) is 21.3. The number of hydrogen-bond acceptors (Lipinski definition) is 8. The third-order valence-electron chi connectivity index (χ3n) is 14.1. The van der Waals surface area contributed by atoms with Crippen LogP contribution in [-0.4, -0.2) is 36.1 Å². The van der Waals surface area contributed by atoms with Crippen LogP contribution in [0.3, 0.4) is 0 Å². The molecule has 0 aliphatic carbocycles. The summed E-state index contributed by atoms with van der Waals surface area (Å²) in [6.45, 7) is 8.87. The molecule has 0 aromatic rings. The fourth-order valence-corrected chi connectivity index (χ4v) is 9.64. The standard InChI is InChI=1S/2C31H60O4.Zn/c2*1-3-5-6-7-8-9-15-18-21-24-28-31(34)35-29(25-4-2)26-22-19-16-13-11-10-12-14-17-20-23-27-30(32)33;/h2*29H,3-28H2,1-2H3,(H,32,33);/q;;+2/p-2. The van der Waals surface area contributed by atoms with Gasteiger partial charge in [0.05, 0.1) is 0 Å². The van der Waals surface area contributed by atoms with Crippen molar-refractivity contribution in [1.82, 2.24) is 0 Å². The van der Waals surface area contributed by atoms with Gasteiger partial charge >= 0.3 is 31.4 Å². The SMILES string of the molecule is CCCCCCCCCCCCC(=O)OC(CCC)CCCCCCCCCCCCCC(=O)[O-].CCCCCCCCCCCCC(=O)OC(CCC)CCCCCCCCCCCCCC(=O)[O-].[Zn+2]. The second kappa shape index (κ2) is 62.8. The number of aliphatic carboxylic acids is 2. The summed E-state index contributed by atoms with van der Waals surface area (Å²) in [6.07, 6.45) is 59.7. The molecule has 0 saturated heterocycles.